The summed E-state index contributed by atoms with van der Waals surface area (Å²) in [5.41, 5.74) is 3.36. The number of halogens is 1. The van der Waals surface area contributed by atoms with Gasteiger partial charge in [-0.1, -0.05) is 33.6 Å². The van der Waals surface area contributed by atoms with E-state index < -0.39 is 0 Å². The van der Waals surface area contributed by atoms with E-state index in [1.807, 2.05) is 0 Å². The van der Waals surface area contributed by atoms with Crippen molar-refractivity contribution in [1.29, 1.82) is 0 Å². The SMILES string of the molecule is COCc1cc(C)cc(COC)c1OCCCBr. The molecule has 0 atom stereocenters. The minimum absolute atomic E-state index is 0.558. The van der Waals surface area contributed by atoms with Gasteiger partial charge in [0, 0.05) is 30.7 Å². The largest absolute Gasteiger partial charge is 0.493 e. The predicted molar refractivity (Wildman–Crippen MR) is 76.5 cm³/mol. The number of hydrogen-bond acceptors (Lipinski definition) is 3. The molecule has 0 amide bonds. The van der Waals surface area contributed by atoms with Crippen molar-refractivity contribution in [2.75, 3.05) is 26.2 Å². The summed E-state index contributed by atoms with van der Waals surface area (Å²) in [6, 6.07) is 4.21. The van der Waals surface area contributed by atoms with Crippen molar-refractivity contribution >= 4 is 15.9 Å². The van der Waals surface area contributed by atoms with Crippen LogP contribution in [0.3, 0.4) is 0 Å². The summed E-state index contributed by atoms with van der Waals surface area (Å²) in [5.74, 6) is 0.908. The number of aryl methyl sites for hydroxylation is 1. The van der Waals surface area contributed by atoms with Gasteiger partial charge < -0.3 is 14.2 Å². The molecular formula is C14H21BrO3. The fourth-order valence-corrected chi connectivity index (χ4v) is 2.10. The van der Waals surface area contributed by atoms with E-state index >= 15 is 0 Å². The second-order valence-corrected chi connectivity index (χ2v) is 4.96. The Morgan fingerprint density at radius 1 is 1.06 bits per heavy atom. The zero-order valence-electron chi connectivity index (χ0n) is 11.3. The third-order valence-corrected chi connectivity index (χ3v) is 3.07. The summed E-state index contributed by atoms with van der Waals surface area (Å²) in [5, 5.41) is 0.943. The average molecular weight is 317 g/mol. The molecule has 1 aromatic rings. The van der Waals surface area contributed by atoms with Gasteiger partial charge in [-0.05, 0) is 13.3 Å². The quantitative estimate of drug-likeness (QED) is 0.543. The van der Waals surface area contributed by atoms with Gasteiger partial charge >= 0.3 is 0 Å². The van der Waals surface area contributed by atoms with E-state index in [4.69, 9.17) is 14.2 Å². The first kappa shape index (κ1) is 15.5. The Bertz CT molecular complexity index is 339. The second kappa shape index (κ2) is 8.51. The van der Waals surface area contributed by atoms with Crippen LogP contribution in [0, 0.1) is 6.92 Å². The molecule has 0 saturated heterocycles. The zero-order valence-corrected chi connectivity index (χ0v) is 12.9. The van der Waals surface area contributed by atoms with Gasteiger partial charge in [-0.2, -0.15) is 0 Å². The molecule has 18 heavy (non-hydrogen) atoms. The number of ether oxygens (including phenoxy) is 3. The predicted octanol–water partition coefficient (Wildman–Crippen LogP) is 3.45. The number of hydrogen-bond donors (Lipinski definition) is 0. The van der Waals surface area contributed by atoms with Gasteiger partial charge in [-0.25, -0.2) is 0 Å². The monoisotopic (exact) mass is 316 g/mol. The minimum Gasteiger partial charge on any atom is -0.493 e. The van der Waals surface area contributed by atoms with Gasteiger partial charge in [-0.15, -0.1) is 0 Å². The maximum absolute atomic E-state index is 5.88. The molecule has 1 rings (SSSR count). The molecule has 0 aliphatic carbocycles. The topological polar surface area (TPSA) is 27.7 Å². The Balaban J connectivity index is 2.97. The van der Waals surface area contributed by atoms with Crippen LogP contribution in [0.5, 0.6) is 5.75 Å². The first-order valence-corrected chi connectivity index (χ1v) is 7.14. The number of alkyl halides is 1. The van der Waals surface area contributed by atoms with Crippen molar-refractivity contribution in [2.45, 2.75) is 26.6 Å². The fraction of sp³-hybridized carbons (Fsp3) is 0.571. The summed E-state index contributed by atoms with van der Waals surface area (Å²) in [7, 11) is 3.39. The van der Waals surface area contributed by atoms with Crippen molar-refractivity contribution in [3.63, 3.8) is 0 Å². The minimum atomic E-state index is 0.558. The van der Waals surface area contributed by atoms with Crippen LogP contribution >= 0.6 is 15.9 Å². The van der Waals surface area contributed by atoms with Crippen LogP contribution in [0.15, 0.2) is 12.1 Å². The summed E-state index contributed by atoms with van der Waals surface area (Å²) in [6.07, 6.45) is 0.979. The highest BCUT2D eigenvalue weighted by atomic mass is 79.9. The van der Waals surface area contributed by atoms with Crippen LogP contribution in [0.25, 0.3) is 0 Å². The first-order valence-electron chi connectivity index (χ1n) is 6.02. The molecule has 0 N–H and O–H groups in total. The molecule has 0 heterocycles. The third kappa shape index (κ3) is 4.59. The van der Waals surface area contributed by atoms with Crippen LogP contribution in [-0.2, 0) is 22.7 Å². The normalized spacial score (nSPS) is 10.7. The lowest BCUT2D eigenvalue weighted by Gasteiger charge is -2.16. The van der Waals surface area contributed by atoms with Gasteiger partial charge in [0.2, 0.25) is 0 Å². The Labute approximate surface area is 118 Å². The molecule has 0 aliphatic rings. The molecule has 0 bridgehead atoms. The van der Waals surface area contributed by atoms with Gasteiger partial charge in [-0.3, -0.25) is 0 Å². The molecular weight excluding hydrogens is 296 g/mol. The molecule has 4 heteroatoms. The highest BCUT2D eigenvalue weighted by molar-refractivity contribution is 9.09. The summed E-state index contributed by atoms with van der Waals surface area (Å²) < 4.78 is 16.3. The first-order chi connectivity index (χ1) is 8.72. The molecule has 0 fully saturated rings. The molecule has 0 aliphatic heterocycles. The van der Waals surface area contributed by atoms with Crippen molar-refractivity contribution in [2.24, 2.45) is 0 Å². The van der Waals surface area contributed by atoms with Gasteiger partial charge in [0.05, 0.1) is 19.8 Å². The zero-order chi connectivity index (χ0) is 13.4. The highest BCUT2D eigenvalue weighted by Crippen LogP contribution is 2.27. The Hall–Kier alpha value is -0.580. The summed E-state index contributed by atoms with van der Waals surface area (Å²) in [4.78, 5) is 0. The van der Waals surface area contributed by atoms with Crippen LogP contribution in [0.1, 0.15) is 23.1 Å². The molecule has 0 aromatic heterocycles. The lowest BCUT2D eigenvalue weighted by Crippen LogP contribution is -2.06. The molecule has 0 saturated carbocycles. The number of benzene rings is 1. The van der Waals surface area contributed by atoms with E-state index in [1.54, 1.807) is 14.2 Å². The number of rotatable bonds is 8. The lowest BCUT2D eigenvalue weighted by atomic mass is 10.1. The fourth-order valence-electron chi connectivity index (χ4n) is 1.87. The van der Waals surface area contributed by atoms with Crippen LogP contribution < -0.4 is 4.74 Å². The van der Waals surface area contributed by atoms with E-state index in [-0.39, 0.29) is 0 Å². The molecule has 3 nitrogen and oxygen atoms in total. The summed E-state index contributed by atoms with van der Waals surface area (Å²) >= 11 is 3.40. The molecule has 0 radical (unpaired) electrons. The Morgan fingerprint density at radius 2 is 1.61 bits per heavy atom. The van der Waals surface area contributed by atoms with Crippen molar-refractivity contribution in [1.82, 2.24) is 0 Å². The molecule has 102 valence electrons. The number of methoxy groups -OCH3 is 2. The maximum Gasteiger partial charge on any atom is 0.130 e. The second-order valence-electron chi connectivity index (χ2n) is 4.17. The highest BCUT2D eigenvalue weighted by Gasteiger charge is 2.11. The average Bonchev–Trinajstić information content (AvgIpc) is 2.33. The van der Waals surface area contributed by atoms with E-state index in [0.717, 1.165) is 28.6 Å². The third-order valence-electron chi connectivity index (χ3n) is 2.51. The van der Waals surface area contributed by atoms with Crippen molar-refractivity contribution < 1.29 is 14.2 Å². The van der Waals surface area contributed by atoms with E-state index in [2.05, 4.69) is 35.0 Å². The molecule has 0 spiro atoms. The molecule has 1 aromatic carbocycles. The van der Waals surface area contributed by atoms with Crippen molar-refractivity contribution in [3.05, 3.63) is 28.8 Å². The summed E-state index contributed by atoms with van der Waals surface area (Å²) in [6.45, 7) is 3.88. The Kier molecular flexibility index (Phi) is 7.32. The van der Waals surface area contributed by atoms with E-state index in [9.17, 15) is 0 Å². The maximum atomic E-state index is 5.88. The smallest absolute Gasteiger partial charge is 0.130 e. The van der Waals surface area contributed by atoms with Crippen LogP contribution in [0.4, 0.5) is 0 Å². The Morgan fingerprint density at radius 3 is 2.06 bits per heavy atom. The lowest BCUT2D eigenvalue weighted by molar-refractivity contribution is 0.170. The van der Waals surface area contributed by atoms with Gasteiger partial charge in [0.1, 0.15) is 5.75 Å². The van der Waals surface area contributed by atoms with Gasteiger partial charge in [0.25, 0.3) is 0 Å². The van der Waals surface area contributed by atoms with E-state index in [1.165, 1.54) is 5.56 Å². The van der Waals surface area contributed by atoms with Crippen LogP contribution in [0.2, 0.25) is 0 Å². The van der Waals surface area contributed by atoms with E-state index in [0.29, 0.717) is 19.8 Å². The van der Waals surface area contributed by atoms with Gasteiger partial charge in [0.15, 0.2) is 0 Å². The van der Waals surface area contributed by atoms with Crippen LogP contribution in [-0.4, -0.2) is 26.2 Å². The molecule has 0 unspecified atom stereocenters. The standard InChI is InChI=1S/C14H21BrO3/c1-11-7-12(9-16-2)14(18-6-4-5-15)13(8-11)10-17-3/h7-8H,4-6,9-10H2,1-3H3. The van der Waals surface area contributed by atoms with Crippen molar-refractivity contribution in [3.8, 4) is 5.75 Å².